The molecule has 0 bridgehead atoms. The molecular formula is C14H21ClN4. The van der Waals surface area contributed by atoms with Crippen LogP contribution in [0.3, 0.4) is 0 Å². The van der Waals surface area contributed by atoms with Gasteiger partial charge in [-0.1, -0.05) is 11.6 Å². The van der Waals surface area contributed by atoms with Crippen LogP contribution in [0.5, 0.6) is 0 Å². The Kier molecular flexibility index (Phi) is 4.18. The van der Waals surface area contributed by atoms with Gasteiger partial charge in [0, 0.05) is 18.5 Å². The van der Waals surface area contributed by atoms with E-state index in [0.717, 1.165) is 24.6 Å². The van der Waals surface area contributed by atoms with Gasteiger partial charge in [-0.15, -0.1) is 0 Å². The van der Waals surface area contributed by atoms with Gasteiger partial charge in [0.25, 0.3) is 0 Å². The number of likely N-dealkylation sites (tertiary alicyclic amines) is 1. The van der Waals surface area contributed by atoms with Crippen molar-refractivity contribution in [2.24, 2.45) is 0 Å². The van der Waals surface area contributed by atoms with Crippen LogP contribution in [0, 0.1) is 0 Å². The zero-order chi connectivity index (χ0) is 13.1. The van der Waals surface area contributed by atoms with Gasteiger partial charge in [0.2, 0.25) is 0 Å². The second-order valence-electron chi connectivity index (χ2n) is 5.54. The fourth-order valence-electron chi connectivity index (χ4n) is 2.58. The lowest BCUT2D eigenvalue weighted by Gasteiger charge is -2.14. The molecule has 2 aliphatic rings. The fourth-order valence-corrected chi connectivity index (χ4v) is 2.77. The minimum absolute atomic E-state index is 0.545. The molecule has 0 amide bonds. The summed E-state index contributed by atoms with van der Waals surface area (Å²) < 4.78 is 0. The molecule has 0 atom stereocenters. The number of halogens is 1. The van der Waals surface area contributed by atoms with Gasteiger partial charge in [0.15, 0.2) is 0 Å². The Hall–Kier alpha value is -0.870. The Balaban J connectivity index is 1.46. The Morgan fingerprint density at radius 1 is 1.26 bits per heavy atom. The Labute approximate surface area is 119 Å². The van der Waals surface area contributed by atoms with Crippen LogP contribution in [0.1, 0.15) is 43.8 Å². The number of aromatic nitrogens is 2. The largest absolute Gasteiger partial charge is 0.370 e. The van der Waals surface area contributed by atoms with Crippen LogP contribution in [-0.4, -0.2) is 41.0 Å². The van der Waals surface area contributed by atoms with Crippen molar-refractivity contribution in [2.75, 3.05) is 31.5 Å². The van der Waals surface area contributed by atoms with Crippen LogP contribution in [0.2, 0.25) is 5.15 Å². The molecule has 0 spiro atoms. The zero-order valence-corrected chi connectivity index (χ0v) is 12.0. The number of hydrogen-bond donors (Lipinski definition) is 1. The SMILES string of the molecule is Clc1cc(NCCCN2CCCC2)nc(C2CC2)n1. The maximum atomic E-state index is 6.04. The van der Waals surface area contributed by atoms with Gasteiger partial charge in [0.1, 0.15) is 16.8 Å². The summed E-state index contributed by atoms with van der Waals surface area (Å²) >= 11 is 6.04. The minimum atomic E-state index is 0.545. The smallest absolute Gasteiger partial charge is 0.135 e. The van der Waals surface area contributed by atoms with Crippen LogP contribution in [0.15, 0.2) is 6.07 Å². The van der Waals surface area contributed by atoms with Gasteiger partial charge in [-0.05, 0) is 51.7 Å². The quantitative estimate of drug-likeness (QED) is 0.643. The lowest BCUT2D eigenvalue weighted by atomic mass is 10.3. The first-order valence-corrected chi connectivity index (χ1v) is 7.70. The molecule has 1 aliphatic carbocycles. The van der Waals surface area contributed by atoms with Crippen molar-refractivity contribution in [2.45, 2.75) is 38.0 Å². The van der Waals surface area contributed by atoms with Crippen LogP contribution in [0.4, 0.5) is 5.82 Å². The van der Waals surface area contributed by atoms with Crippen molar-refractivity contribution >= 4 is 17.4 Å². The molecule has 104 valence electrons. The van der Waals surface area contributed by atoms with Crippen molar-refractivity contribution in [1.82, 2.24) is 14.9 Å². The van der Waals surface area contributed by atoms with E-state index in [0.29, 0.717) is 11.1 Å². The molecule has 0 unspecified atom stereocenters. The van der Waals surface area contributed by atoms with E-state index in [9.17, 15) is 0 Å². The lowest BCUT2D eigenvalue weighted by molar-refractivity contribution is 0.337. The second kappa shape index (κ2) is 6.06. The number of hydrogen-bond acceptors (Lipinski definition) is 4. The number of rotatable bonds is 6. The van der Waals surface area contributed by atoms with Crippen LogP contribution in [0.25, 0.3) is 0 Å². The number of nitrogens with zero attached hydrogens (tertiary/aromatic N) is 3. The molecule has 1 aromatic rings. The van der Waals surface area contributed by atoms with Crippen molar-refractivity contribution in [3.05, 3.63) is 17.0 Å². The van der Waals surface area contributed by atoms with Crippen LogP contribution >= 0.6 is 11.6 Å². The highest BCUT2D eigenvalue weighted by Gasteiger charge is 2.27. The van der Waals surface area contributed by atoms with E-state index in [4.69, 9.17) is 11.6 Å². The molecule has 1 saturated carbocycles. The normalized spacial score (nSPS) is 19.8. The average molecular weight is 281 g/mol. The molecule has 19 heavy (non-hydrogen) atoms. The Bertz CT molecular complexity index is 427. The predicted octanol–water partition coefficient (Wildman–Crippen LogP) is 2.91. The summed E-state index contributed by atoms with van der Waals surface area (Å²) in [5.41, 5.74) is 0. The summed E-state index contributed by atoms with van der Waals surface area (Å²) in [4.78, 5) is 11.4. The summed E-state index contributed by atoms with van der Waals surface area (Å²) in [5, 5.41) is 3.92. The van der Waals surface area contributed by atoms with E-state index >= 15 is 0 Å². The molecule has 0 aromatic carbocycles. The highest BCUT2D eigenvalue weighted by atomic mass is 35.5. The van der Waals surface area contributed by atoms with Gasteiger partial charge in [-0.25, -0.2) is 9.97 Å². The first-order valence-electron chi connectivity index (χ1n) is 7.32. The molecule has 3 rings (SSSR count). The second-order valence-corrected chi connectivity index (χ2v) is 5.92. The van der Waals surface area contributed by atoms with E-state index < -0.39 is 0 Å². The molecule has 1 saturated heterocycles. The first kappa shape index (κ1) is 13.1. The van der Waals surface area contributed by atoms with Gasteiger partial charge in [-0.3, -0.25) is 0 Å². The van der Waals surface area contributed by atoms with Gasteiger partial charge in [0.05, 0.1) is 0 Å². The molecule has 2 heterocycles. The molecule has 2 fully saturated rings. The van der Waals surface area contributed by atoms with E-state index in [1.807, 2.05) is 6.07 Å². The predicted molar refractivity (Wildman–Crippen MR) is 77.8 cm³/mol. The molecule has 1 aliphatic heterocycles. The summed E-state index contributed by atoms with van der Waals surface area (Å²) in [6.45, 7) is 4.67. The average Bonchev–Trinajstić information content (AvgIpc) is 3.12. The maximum absolute atomic E-state index is 6.04. The zero-order valence-electron chi connectivity index (χ0n) is 11.2. The van der Waals surface area contributed by atoms with Gasteiger partial charge in [-0.2, -0.15) is 0 Å². The molecular weight excluding hydrogens is 260 g/mol. The third kappa shape index (κ3) is 3.80. The van der Waals surface area contributed by atoms with Crippen LogP contribution < -0.4 is 5.32 Å². The summed E-state index contributed by atoms with van der Waals surface area (Å²) in [6, 6.07) is 1.82. The highest BCUT2D eigenvalue weighted by molar-refractivity contribution is 6.29. The number of nitrogens with one attached hydrogen (secondary N) is 1. The summed E-state index contributed by atoms with van der Waals surface area (Å²) in [6.07, 6.45) is 6.28. The van der Waals surface area contributed by atoms with E-state index in [-0.39, 0.29) is 0 Å². The van der Waals surface area contributed by atoms with E-state index in [2.05, 4.69) is 20.2 Å². The third-order valence-electron chi connectivity index (χ3n) is 3.81. The maximum Gasteiger partial charge on any atom is 0.135 e. The summed E-state index contributed by atoms with van der Waals surface area (Å²) in [7, 11) is 0. The molecule has 4 nitrogen and oxygen atoms in total. The highest BCUT2D eigenvalue weighted by Crippen LogP contribution is 2.38. The van der Waals surface area contributed by atoms with Crippen LogP contribution in [-0.2, 0) is 0 Å². The van der Waals surface area contributed by atoms with Crippen molar-refractivity contribution in [1.29, 1.82) is 0 Å². The fraction of sp³-hybridized carbons (Fsp3) is 0.714. The summed E-state index contributed by atoms with van der Waals surface area (Å²) in [5.74, 6) is 2.33. The van der Waals surface area contributed by atoms with E-state index in [1.165, 1.54) is 45.3 Å². The van der Waals surface area contributed by atoms with E-state index in [1.54, 1.807) is 0 Å². The number of anilines is 1. The Morgan fingerprint density at radius 2 is 2.05 bits per heavy atom. The molecule has 1 N–H and O–H groups in total. The van der Waals surface area contributed by atoms with Crippen molar-refractivity contribution in [3.8, 4) is 0 Å². The monoisotopic (exact) mass is 280 g/mol. The van der Waals surface area contributed by atoms with Gasteiger partial charge < -0.3 is 10.2 Å². The topological polar surface area (TPSA) is 41.0 Å². The third-order valence-corrected chi connectivity index (χ3v) is 4.00. The molecule has 0 radical (unpaired) electrons. The van der Waals surface area contributed by atoms with Gasteiger partial charge >= 0.3 is 0 Å². The standard InChI is InChI=1S/C14H21ClN4/c15-12-10-13(18-14(17-12)11-4-5-11)16-6-3-9-19-7-1-2-8-19/h10-11H,1-9H2,(H,16,17,18). The lowest BCUT2D eigenvalue weighted by Crippen LogP contribution is -2.22. The molecule has 5 heteroatoms. The van der Waals surface area contributed by atoms with Crippen molar-refractivity contribution in [3.63, 3.8) is 0 Å². The first-order chi connectivity index (χ1) is 9.31. The molecule has 1 aromatic heterocycles. The Morgan fingerprint density at radius 3 is 2.79 bits per heavy atom. The van der Waals surface area contributed by atoms with Crippen molar-refractivity contribution < 1.29 is 0 Å². The minimum Gasteiger partial charge on any atom is -0.370 e.